The Morgan fingerprint density at radius 3 is 2.36 bits per heavy atom. The average molecular weight is 376 g/mol. The van der Waals surface area contributed by atoms with Crippen LogP contribution in [0.4, 0.5) is 17.3 Å². The van der Waals surface area contributed by atoms with Gasteiger partial charge in [0.05, 0.1) is 0 Å². The third kappa shape index (κ3) is 5.54. The molecule has 0 saturated heterocycles. The first kappa shape index (κ1) is 19.8. The van der Waals surface area contributed by atoms with Gasteiger partial charge in [-0.25, -0.2) is 9.97 Å². The maximum atomic E-state index is 4.75. The van der Waals surface area contributed by atoms with Crippen molar-refractivity contribution in [3.8, 4) is 11.4 Å². The molecular weight excluding hydrogens is 346 g/mol. The second-order valence-electron chi connectivity index (χ2n) is 7.36. The van der Waals surface area contributed by atoms with Gasteiger partial charge < -0.3 is 15.5 Å². The van der Waals surface area contributed by atoms with E-state index in [-0.39, 0.29) is 0 Å². The van der Waals surface area contributed by atoms with E-state index in [0.717, 1.165) is 42.4 Å². The summed E-state index contributed by atoms with van der Waals surface area (Å²) in [4.78, 5) is 11.7. The van der Waals surface area contributed by atoms with Crippen molar-refractivity contribution in [2.24, 2.45) is 0 Å². The van der Waals surface area contributed by atoms with Gasteiger partial charge >= 0.3 is 0 Å². The number of hydrogen-bond acceptors (Lipinski definition) is 5. The number of hydrogen-bond donors (Lipinski definition) is 2. The van der Waals surface area contributed by atoms with E-state index in [1.165, 1.54) is 11.1 Å². The molecule has 0 aliphatic heterocycles. The second-order valence-corrected chi connectivity index (χ2v) is 7.36. The largest absolute Gasteiger partial charge is 0.370 e. The van der Waals surface area contributed by atoms with Crippen molar-refractivity contribution in [3.63, 3.8) is 0 Å². The number of benzene rings is 2. The van der Waals surface area contributed by atoms with E-state index in [1.807, 2.05) is 36.4 Å². The number of aryl methyl sites for hydroxylation is 2. The molecule has 0 amide bonds. The van der Waals surface area contributed by atoms with Crippen LogP contribution in [0, 0.1) is 13.8 Å². The van der Waals surface area contributed by atoms with Crippen molar-refractivity contribution in [3.05, 3.63) is 65.7 Å². The van der Waals surface area contributed by atoms with Crippen molar-refractivity contribution in [1.29, 1.82) is 0 Å². The van der Waals surface area contributed by atoms with Gasteiger partial charge in [-0.3, -0.25) is 0 Å². The standard InChI is InChI=1S/C23H29N5/c1-17-11-12-20(18(2)15-17)25-22-16-21(24-13-8-14-28(3)4)26-23(27-22)19-9-6-5-7-10-19/h5-7,9-12,15-16H,8,13-14H2,1-4H3,(H2,24,25,26,27). The van der Waals surface area contributed by atoms with Crippen LogP contribution in [0.25, 0.3) is 11.4 Å². The van der Waals surface area contributed by atoms with Crippen molar-refractivity contribution < 1.29 is 0 Å². The van der Waals surface area contributed by atoms with Crippen LogP contribution in [-0.2, 0) is 0 Å². The molecule has 0 spiro atoms. The highest BCUT2D eigenvalue weighted by atomic mass is 15.1. The zero-order chi connectivity index (χ0) is 19.9. The Morgan fingerprint density at radius 2 is 1.64 bits per heavy atom. The molecule has 28 heavy (non-hydrogen) atoms. The van der Waals surface area contributed by atoms with Gasteiger partial charge in [0.15, 0.2) is 5.82 Å². The molecule has 0 unspecified atom stereocenters. The van der Waals surface area contributed by atoms with Crippen LogP contribution < -0.4 is 10.6 Å². The van der Waals surface area contributed by atoms with Gasteiger partial charge in [0.25, 0.3) is 0 Å². The summed E-state index contributed by atoms with van der Waals surface area (Å²) in [7, 11) is 4.17. The Hall–Kier alpha value is -2.92. The molecule has 5 heteroatoms. The quantitative estimate of drug-likeness (QED) is 0.550. The lowest BCUT2D eigenvalue weighted by atomic mass is 10.1. The summed E-state index contributed by atoms with van der Waals surface area (Å²) in [6, 6.07) is 18.4. The number of anilines is 3. The Morgan fingerprint density at radius 1 is 0.893 bits per heavy atom. The maximum absolute atomic E-state index is 4.75. The van der Waals surface area contributed by atoms with Gasteiger partial charge in [-0.05, 0) is 52.5 Å². The molecule has 3 aromatic rings. The van der Waals surface area contributed by atoms with Crippen molar-refractivity contribution in [1.82, 2.24) is 14.9 Å². The number of nitrogens with zero attached hydrogens (tertiary/aromatic N) is 3. The van der Waals surface area contributed by atoms with Crippen LogP contribution in [0.3, 0.4) is 0 Å². The summed E-state index contributed by atoms with van der Waals surface area (Å²) in [5.74, 6) is 2.33. The lowest BCUT2D eigenvalue weighted by Crippen LogP contribution is -2.16. The molecule has 0 bridgehead atoms. The molecule has 0 atom stereocenters. The van der Waals surface area contributed by atoms with E-state index in [1.54, 1.807) is 0 Å². The predicted octanol–water partition coefficient (Wildman–Crippen LogP) is 4.87. The summed E-state index contributed by atoms with van der Waals surface area (Å²) < 4.78 is 0. The molecule has 1 aromatic heterocycles. The van der Waals surface area contributed by atoms with E-state index in [4.69, 9.17) is 9.97 Å². The number of nitrogens with one attached hydrogen (secondary N) is 2. The van der Waals surface area contributed by atoms with Gasteiger partial charge in [0.2, 0.25) is 0 Å². The second kappa shape index (κ2) is 9.33. The Kier molecular flexibility index (Phi) is 6.61. The molecular formula is C23H29N5. The van der Waals surface area contributed by atoms with Crippen LogP contribution in [0.15, 0.2) is 54.6 Å². The summed E-state index contributed by atoms with van der Waals surface area (Å²) in [6.07, 6.45) is 1.05. The van der Waals surface area contributed by atoms with Crippen molar-refractivity contribution in [2.75, 3.05) is 37.8 Å². The molecule has 0 saturated carbocycles. The Labute approximate surface area is 167 Å². The molecule has 146 valence electrons. The monoisotopic (exact) mass is 375 g/mol. The molecule has 1 heterocycles. The minimum Gasteiger partial charge on any atom is -0.370 e. The van der Waals surface area contributed by atoms with Gasteiger partial charge in [0, 0.05) is 23.9 Å². The van der Waals surface area contributed by atoms with Crippen molar-refractivity contribution >= 4 is 17.3 Å². The fraction of sp³-hybridized carbons (Fsp3) is 0.304. The van der Waals surface area contributed by atoms with Crippen LogP contribution in [0.1, 0.15) is 17.5 Å². The SMILES string of the molecule is Cc1ccc(Nc2cc(NCCCN(C)C)nc(-c3ccccc3)n2)c(C)c1. The molecule has 2 N–H and O–H groups in total. The minimum atomic E-state index is 0.713. The topological polar surface area (TPSA) is 53.1 Å². The summed E-state index contributed by atoms with van der Waals surface area (Å²) in [5, 5.41) is 6.90. The van der Waals surface area contributed by atoms with Crippen LogP contribution in [0.5, 0.6) is 0 Å². The summed E-state index contributed by atoms with van der Waals surface area (Å²) >= 11 is 0. The van der Waals surface area contributed by atoms with E-state index >= 15 is 0 Å². The van der Waals surface area contributed by atoms with Gasteiger partial charge in [-0.2, -0.15) is 0 Å². The van der Waals surface area contributed by atoms with E-state index in [9.17, 15) is 0 Å². The zero-order valence-corrected chi connectivity index (χ0v) is 17.2. The number of rotatable bonds is 8. The summed E-state index contributed by atoms with van der Waals surface area (Å²) in [5.41, 5.74) is 4.50. The first-order valence-corrected chi connectivity index (χ1v) is 9.68. The highest BCUT2D eigenvalue weighted by molar-refractivity contribution is 5.66. The van der Waals surface area contributed by atoms with Gasteiger partial charge in [-0.1, -0.05) is 48.0 Å². The Bertz CT molecular complexity index is 906. The maximum Gasteiger partial charge on any atom is 0.163 e. The normalized spacial score (nSPS) is 10.9. The number of aromatic nitrogens is 2. The highest BCUT2D eigenvalue weighted by Gasteiger charge is 2.08. The molecule has 0 fully saturated rings. The lowest BCUT2D eigenvalue weighted by molar-refractivity contribution is 0.405. The molecule has 0 radical (unpaired) electrons. The molecule has 5 nitrogen and oxygen atoms in total. The highest BCUT2D eigenvalue weighted by Crippen LogP contribution is 2.25. The fourth-order valence-electron chi connectivity index (χ4n) is 3.02. The first-order valence-electron chi connectivity index (χ1n) is 9.68. The third-order valence-corrected chi connectivity index (χ3v) is 4.49. The van der Waals surface area contributed by atoms with E-state index in [0.29, 0.717) is 5.82 Å². The van der Waals surface area contributed by atoms with E-state index < -0.39 is 0 Å². The van der Waals surface area contributed by atoms with Gasteiger partial charge in [0.1, 0.15) is 11.6 Å². The molecule has 3 rings (SSSR count). The summed E-state index contributed by atoms with van der Waals surface area (Å²) in [6.45, 7) is 6.11. The average Bonchev–Trinajstić information content (AvgIpc) is 2.68. The predicted molar refractivity (Wildman–Crippen MR) is 118 cm³/mol. The van der Waals surface area contributed by atoms with Crippen LogP contribution in [-0.4, -0.2) is 42.1 Å². The zero-order valence-electron chi connectivity index (χ0n) is 17.2. The first-order chi connectivity index (χ1) is 13.5. The van der Waals surface area contributed by atoms with Crippen LogP contribution >= 0.6 is 0 Å². The van der Waals surface area contributed by atoms with Crippen LogP contribution in [0.2, 0.25) is 0 Å². The minimum absolute atomic E-state index is 0.713. The molecule has 2 aromatic carbocycles. The van der Waals surface area contributed by atoms with E-state index in [2.05, 4.69) is 61.7 Å². The Balaban J connectivity index is 1.86. The molecule has 0 aliphatic rings. The lowest BCUT2D eigenvalue weighted by Gasteiger charge is -2.14. The van der Waals surface area contributed by atoms with Crippen molar-refractivity contribution in [2.45, 2.75) is 20.3 Å². The third-order valence-electron chi connectivity index (χ3n) is 4.49. The van der Waals surface area contributed by atoms with Gasteiger partial charge in [-0.15, -0.1) is 0 Å². The smallest absolute Gasteiger partial charge is 0.163 e. The molecule has 0 aliphatic carbocycles. The fourth-order valence-corrected chi connectivity index (χ4v) is 3.02.